The van der Waals surface area contributed by atoms with Gasteiger partial charge in [-0.05, 0) is 11.1 Å². The quantitative estimate of drug-likeness (QED) is 0.896. The maximum absolute atomic E-state index is 12.0. The fourth-order valence-corrected chi connectivity index (χ4v) is 1.66. The molecule has 0 aromatic heterocycles. The zero-order chi connectivity index (χ0) is 14.5. The molecule has 1 aromatic rings. The third-order valence-corrected chi connectivity index (χ3v) is 2.69. The number of carbonyl (C=O) groups is 1. The molecule has 106 valence electrons. The predicted octanol–water partition coefficient (Wildman–Crippen LogP) is 2.45. The molecule has 6 heteroatoms. The van der Waals surface area contributed by atoms with Crippen LogP contribution in [-0.4, -0.2) is 24.0 Å². The predicted molar refractivity (Wildman–Crippen MR) is 66.1 cm³/mol. The Morgan fingerprint density at radius 1 is 1.32 bits per heavy atom. The lowest BCUT2D eigenvalue weighted by atomic mass is 10.1. The molecular weight excluding hydrogens is 257 g/mol. The number of carbonyl (C=O) groups excluding carboxylic acids is 1. The van der Waals surface area contributed by atoms with E-state index >= 15 is 0 Å². The van der Waals surface area contributed by atoms with Crippen LogP contribution in [0.5, 0.6) is 0 Å². The Kier molecular flexibility index (Phi) is 5.35. The Labute approximate surface area is 110 Å². The summed E-state index contributed by atoms with van der Waals surface area (Å²) >= 11 is 0. The molecule has 0 bridgehead atoms. The van der Waals surface area contributed by atoms with E-state index in [0.717, 1.165) is 11.1 Å². The molecule has 0 aliphatic rings. The van der Waals surface area contributed by atoms with Crippen molar-refractivity contribution in [2.75, 3.05) is 7.05 Å². The molecule has 0 unspecified atom stereocenters. The summed E-state index contributed by atoms with van der Waals surface area (Å²) in [5.74, 6) is -0.518. The summed E-state index contributed by atoms with van der Waals surface area (Å²) in [6.07, 6.45) is -5.90. The van der Waals surface area contributed by atoms with Crippen molar-refractivity contribution in [2.45, 2.75) is 32.1 Å². The van der Waals surface area contributed by atoms with Gasteiger partial charge in [0.2, 0.25) is 5.91 Å². The highest BCUT2D eigenvalue weighted by Crippen LogP contribution is 2.21. The molecule has 0 aliphatic heterocycles. The van der Waals surface area contributed by atoms with Gasteiger partial charge in [-0.25, -0.2) is 0 Å². The molecule has 3 nitrogen and oxygen atoms in total. The standard InChI is InChI=1S/C13H17F3N2O/c1-18(12(19)5-6-13(14,15)16)9-11-4-2-3-10(7-11)8-17/h2-4,7H,5-6,8-9,17H2,1H3. The van der Waals surface area contributed by atoms with Gasteiger partial charge in [-0.15, -0.1) is 0 Å². The van der Waals surface area contributed by atoms with Gasteiger partial charge in [0.25, 0.3) is 0 Å². The maximum Gasteiger partial charge on any atom is 0.389 e. The van der Waals surface area contributed by atoms with E-state index in [1.807, 2.05) is 24.3 Å². The molecule has 0 atom stereocenters. The molecular formula is C13H17F3N2O. The minimum absolute atomic E-state index is 0.282. The number of benzene rings is 1. The number of hydrogen-bond donors (Lipinski definition) is 1. The molecule has 1 amide bonds. The van der Waals surface area contributed by atoms with Crippen molar-refractivity contribution in [3.05, 3.63) is 35.4 Å². The van der Waals surface area contributed by atoms with Crippen LogP contribution < -0.4 is 5.73 Å². The van der Waals surface area contributed by atoms with Crippen molar-refractivity contribution >= 4 is 5.91 Å². The highest BCUT2D eigenvalue weighted by atomic mass is 19.4. The van der Waals surface area contributed by atoms with Crippen molar-refractivity contribution in [2.24, 2.45) is 5.73 Å². The number of alkyl halides is 3. The maximum atomic E-state index is 12.0. The van der Waals surface area contributed by atoms with Crippen LogP contribution in [0.15, 0.2) is 24.3 Å². The number of rotatable bonds is 5. The number of nitrogens with two attached hydrogens (primary N) is 1. The normalized spacial score (nSPS) is 11.4. The first-order valence-corrected chi connectivity index (χ1v) is 5.90. The van der Waals surface area contributed by atoms with E-state index in [1.54, 1.807) is 0 Å². The van der Waals surface area contributed by atoms with Crippen molar-refractivity contribution in [1.82, 2.24) is 4.90 Å². The second kappa shape index (κ2) is 6.56. The van der Waals surface area contributed by atoms with E-state index < -0.39 is 24.9 Å². The second-order valence-electron chi connectivity index (χ2n) is 4.39. The van der Waals surface area contributed by atoms with Crippen molar-refractivity contribution in [3.8, 4) is 0 Å². The summed E-state index contributed by atoms with van der Waals surface area (Å²) in [6.45, 7) is 0.671. The van der Waals surface area contributed by atoms with Gasteiger partial charge in [0.05, 0.1) is 6.42 Å². The number of halogens is 3. The van der Waals surface area contributed by atoms with Crippen molar-refractivity contribution in [1.29, 1.82) is 0 Å². The third kappa shape index (κ3) is 5.74. The second-order valence-corrected chi connectivity index (χ2v) is 4.39. The van der Waals surface area contributed by atoms with Crippen LogP contribution in [-0.2, 0) is 17.9 Å². The van der Waals surface area contributed by atoms with E-state index in [-0.39, 0.29) is 6.54 Å². The number of hydrogen-bond acceptors (Lipinski definition) is 2. The molecule has 1 rings (SSSR count). The molecule has 0 heterocycles. The molecule has 19 heavy (non-hydrogen) atoms. The van der Waals surface area contributed by atoms with Crippen LogP contribution in [0.2, 0.25) is 0 Å². The zero-order valence-electron chi connectivity index (χ0n) is 10.7. The largest absolute Gasteiger partial charge is 0.389 e. The van der Waals surface area contributed by atoms with E-state index in [1.165, 1.54) is 11.9 Å². The fraction of sp³-hybridized carbons (Fsp3) is 0.462. The van der Waals surface area contributed by atoms with Gasteiger partial charge in [0.15, 0.2) is 0 Å². The Hall–Kier alpha value is -1.56. The Balaban J connectivity index is 2.53. The zero-order valence-corrected chi connectivity index (χ0v) is 10.7. The Morgan fingerprint density at radius 2 is 1.95 bits per heavy atom. The highest BCUT2D eigenvalue weighted by Gasteiger charge is 2.28. The minimum Gasteiger partial charge on any atom is -0.341 e. The van der Waals surface area contributed by atoms with Crippen molar-refractivity contribution in [3.63, 3.8) is 0 Å². The van der Waals surface area contributed by atoms with E-state index in [0.29, 0.717) is 6.54 Å². The summed E-state index contributed by atoms with van der Waals surface area (Å²) in [6, 6.07) is 7.32. The summed E-state index contributed by atoms with van der Waals surface area (Å²) in [7, 11) is 1.49. The number of nitrogens with zero attached hydrogens (tertiary/aromatic N) is 1. The summed E-state index contributed by atoms with van der Waals surface area (Å²) in [5.41, 5.74) is 7.28. The van der Waals surface area contributed by atoms with Gasteiger partial charge in [0.1, 0.15) is 0 Å². The van der Waals surface area contributed by atoms with Gasteiger partial charge >= 0.3 is 6.18 Å². The van der Waals surface area contributed by atoms with Gasteiger partial charge < -0.3 is 10.6 Å². The van der Waals surface area contributed by atoms with Gasteiger partial charge in [0, 0.05) is 26.6 Å². The lowest BCUT2D eigenvalue weighted by molar-refractivity contribution is -0.148. The van der Waals surface area contributed by atoms with Crippen LogP contribution in [0, 0.1) is 0 Å². The average molecular weight is 274 g/mol. The lowest BCUT2D eigenvalue weighted by Gasteiger charge is -2.18. The van der Waals surface area contributed by atoms with E-state index in [9.17, 15) is 18.0 Å². The summed E-state index contributed by atoms with van der Waals surface area (Å²) < 4.78 is 36.1. The van der Waals surface area contributed by atoms with Gasteiger partial charge in [-0.3, -0.25) is 4.79 Å². The highest BCUT2D eigenvalue weighted by molar-refractivity contribution is 5.75. The minimum atomic E-state index is -4.30. The molecule has 0 saturated carbocycles. The molecule has 0 saturated heterocycles. The van der Waals surface area contributed by atoms with Gasteiger partial charge in [-0.2, -0.15) is 13.2 Å². The van der Waals surface area contributed by atoms with Crippen LogP contribution in [0.3, 0.4) is 0 Å². The molecule has 0 aliphatic carbocycles. The topological polar surface area (TPSA) is 46.3 Å². The first-order valence-electron chi connectivity index (χ1n) is 5.90. The van der Waals surface area contributed by atoms with Crippen LogP contribution >= 0.6 is 0 Å². The first kappa shape index (κ1) is 15.5. The Bertz CT molecular complexity index is 432. The van der Waals surface area contributed by atoms with Crippen LogP contribution in [0.25, 0.3) is 0 Å². The van der Waals surface area contributed by atoms with Crippen molar-refractivity contribution < 1.29 is 18.0 Å². The molecule has 1 aromatic carbocycles. The summed E-state index contributed by atoms with van der Waals surface area (Å²) in [5, 5.41) is 0. The smallest absolute Gasteiger partial charge is 0.341 e. The molecule has 2 N–H and O–H groups in total. The molecule has 0 radical (unpaired) electrons. The average Bonchev–Trinajstić information content (AvgIpc) is 2.35. The summed E-state index contributed by atoms with van der Waals surface area (Å²) in [4.78, 5) is 12.8. The SMILES string of the molecule is CN(Cc1cccc(CN)c1)C(=O)CCC(F)(F)F. The van der Waals surface area contributed by atoms with Crippen LogP contribution in [0.4, 0.5) is 13.2 Å². The third-order valence-electron chi connectivity index (χ3n) is 2.69. The van der Waals surface area contributed by atoms with E-state index in [4.69, 9.17) is 5.73 Å². The number of amides is 1. The van der Waals surface area contributed by atoms with E-state index in [2.05, 4.69) is 0 Å². The molecule has 0 spiro atoms. The Morgan fingerprint density at radius 3 is 2.53 bits per heavy atom. The fourth-order valence-electron chi connectivity index (χ4n) is 1.66. The monoisotopic (exact) mass is 274 g/mol. The lowest BCUT2D eigenvalue weighted by Crippen LogP contribution is -2.27. The molecule has 0 fully saturated rings. The first-order chi connectivity index (χ1) is 8.81. The van der Waals surface area contributed by atoms with Crippen LogP contribution in [0.1, 0.15) is 24.0 Å². The van der Waals surface area contributed by atoms with Gasteiger partial charge in [-0.1, -0.05) is 24.3 Å².